The normalized spacial score (nSPS) is 19.2. The van der Waals surface area contributed by atoms with E-state index >= 15 is 0 Å². The molecule has 0 spiro atoms. The molecule has 0 radical (unpaired) electrons. The number of amides is 2. The first-order valence-corrected chi connectivity index (χ1v) is 10.2. The van der Waals surface area contributed by atoms with Gasteiger partial charge in [0.05, 0.1) is 11.3 Å². The minimum atomic E-state index is -0.206. The number of benzene rings is 3. The zero-order chi connectivity index (χ0) is 20.4. The number of likely N-dealkylation sites (tertiary alicyclic amines) is 1. The summed E-state index contributed by atoms with van der Waals surface area (Å²) in [5, 5.41) is 4.89. The third-order valence-electron chi connectivity index (χ3n) is 5.60. The molecule has 0 aliphatic carbocycles. The third-order valence-corrected chi connectivity index (χ3v) is 5.60. The molecule has 3 aromatic rings. The molecule has 1 aliphatic rings. The van der Waals surface area contributed by atoms with Crippen molar-refractivity contribution in [2.24, 2.45) is 11.8 Å². The van der Waals surface area contributed by atoms with Crippen molar-refractivity contribution in [1.82, 2.24) is 4.90 Å². The maximum atomic E-state index is 13.2. The maximum absolute atomic E-state index is 13.2. The summed E-state index contributed by atoms with van der Waals surface area (Å²) < 4.78 is 0. The Balaban J connectivity index is 1.62. The van der Waals surface area contributed by atoms with E-state index in [1.165, 1.54) is 0 Å². The molecular weight excluding hydrogens is 360 g/mol. The van der Waals surface area contributed by atoms with E-state index in [2.05, 4.69) is 19.2 Å². The zero-order valence-electron chi connectivity index (χ0n) is 16.9. The van der Waals surface area contributed by atoms with Gasteiger partial charge in [-0.1, -0.05) is 62.4 Å². The average molecular weight is 386 g/mol. The minimum absolute atomic E-state index is 0.0165. The molecule has 2 amide bonds. The number of carbonyl (C=O) groups is 2. The number of hydrogen-bond donors (Lipinski definition) is 1. The summed E-state index contributed by atoms with van der Waals surface area (Å²) >= 11 is 0. The Morgan fingerprint density at radius 2 is 1.45 bits per heavy atom. The molecule has 1 heterocycles. The lowest BCUT2D eigenvalue weighted by atomic mass is 9.91. The number of hydrogen-bond acceptors (Lipinski definition) is 2. The van der Waals surface area contributed by atoms with Gasteiger partial charge in [0.25, 0.3) is 11.8 Å². The molecule has 2 unspecified atom stereocenters. The van der Waals surface area contributed by atoms with Crippen LogP contribution in [0.4, 0.5) is 5.69 Å². The molecule has 4 heteroatoms. The lowest BCUT2D eigenvalue weighted by molar-refractivity contribution is 0.0624. The average Bonchev–Trinajstić information content (AvgIpc) is 2.72. The molecule has 3 aromatic carbocycles. The van der Waals surface area contributed by atoms with Crippen LogP contribution < -0.4 is 5.32 Å². The Labute approximate surface area is 171 Å². The topological polar surface area (TPSA) is 49.4 Å². The highest BCUT2D eigenvalue weighted by molar-refractivity contribution is 6.14. The lowest BCUT2D eigenvalue weighted by Crippen LogP contribution is -2.42. The van der Waals surface area contributed by atoms with E-state index in [4.69, 9.17) is 0 Å². The van der Waals surface area contributed by atoms with Gasteiger partial charge in [-0.3, -0.25) is 9.59 Å². The molecule has 0 saturated carbocycles. The summed E-state index contributed by atoms with van der Waals surface area (Å²) in [6.45, 7) is 5.89. The molecule has 0 bridgehead atoms. The van der Waals surface area contributed by atoms with Gasteiger partial charge in [-0.2, -0.15) is 0 Å². The van der Waals surface area contributed by atoms with Crippen molar-refractivity contribution in [2.75, 3.05) is 18.4 Å². The van der Waals surface area contributed by atoms with Crippen LogP contribution in [0.15, 0.2) is 66.7 Å². The first kappa shape index (κ1) is 19.2. The van der Waals surface area contributed by atoms with Crippen LogP contribution in [0.2, 0.25) is 0 Å². The van der Waals surface area contributed by atoms with Crippen molar-refractivity contribution in [3.8, 4) is 0 Å². The van der Waals surface area contributed by atoms with Crippen LogP contribution in [0.3, 0.4) is 0 Å². The van der Waals surface area contributed by atoms with Gasteiger partial charge in [-0.15, -0.1) is 0 Å². The van der Waals surface area contributed by atoms with Crippen LogP contribution in [0.1, 0.15) is 41.0 Å². The van der Waals surface area contributed by atoms with E-state index in [-0.39, 0.29) is 11.8 Å². The summed E-state index contributed by atoms with van der Waals surface area (Å²) in [6, 6.07) is 20.8. The van der Waals surface area contributed by atoms with E-state index in [1.54, 1.807) is 12.1 Å². The lowest BCUT2D eigenvalue weighted by Gasteiger charge is -2.35. The van der Waals surface area contributed by atoms with Gasteiger partial charge in [0.15, 0.2) is 0 Å². The van der Waals surface area contributed by atoms with E-state index in [0.717, 1.165) is 30.3 Å². The number of nitrogens with one attached hydrogen (secondary N) is 1. The second-order valence-electron chi connectivity index (χ2n) is 8.18. The van der Waals surface area contributed by atoms with Crippen molar-refractivity contribution >= 4 is 28.3 Å². The summed E-state index contributed by atoms with van der Waals surface area (Å²) in [4.78, 5) is 28.2. The van der Waals surface area contributed by atoms with Gasteiger partial charge in [-0.05, 0) is 47.2 Å². The highest BCUT2D eigenvalue weighted by Crippen LogP contribution is 2.26. The zero-order valence-corrected chi connectivity index (χ0v) is 16.9. The van der Waals surface area contributed by atoms with E-state index in [0.29, 0.717) is 28.7 Å². The number of nitrogens with zero attached hydrogens (tertiary/aromatic N) is 1. The fourth-order valence-electron chi connectivity index (χ4n) is 4.39. The quantitative estimate of drug-likeness (QED) is 0.672. The number of para-hydroxylation sites is 1. The molecule has 148 valence electrons. The van der Waals surface area contributed by atoms with Crippen LogP contribution >= 0.6 is 0 Å². The first-order valence-electron chi connectivity index (χ1n) is 10.2. The number of fused-ring (bicyclic) bond motifs is 1. The molecule has 2 atom stereocenters. The van der Waals surface area contributed by atoms with Crippen LogP contribution in [0.25, 0.3) is 10.8 Å². The molecule has 1 aliphatic heterocycles. The van der Waals surface area contributed by atoms with Crippen LogP contribution in [-0.2, 0) is 0 Å². The number of rotatable bonds is 3. The fourth-order valence-corrected chi connectivity index (χ4v) is 4.39. The molecule has 1 fully saturated rings. The molecule has 0 aromatic heterocycles. The summed E-state index contributed by atoms with van der Waals surface area (Å²) in [5.74, 6) is 0.750. The van der Waals surface area contributed by atoms with Crippen molar-refractivity contribution in [2.45, 2.75) is 20.3 Å². The summed E-state index contributed by atoms with van der Waals surface area (Å²) in [5.41, 5.74) is 1.70. The Morgan fingerprint density at radius 3 is 2.24 bits per heavy atom. The van der Waals surface area contributed by atoms with Gasteiger partial charge >= 0.3 is 0 Å². The van der Waals surface area contributed by atoms with Crippen molar-refractivity contribution in [3.63, 3.8) is 0 Å². The van der Waals surface area contributed by atoms with E-state index in [1.807, 2.05) is 59.5 Å². The maximum Gasteiger partial charge on any atom is 0.256 e. The minimum Gasteiger partial charge on any atom is -0.338 e. The largest absolute Gasteiger partial charge is 0.338 e. The van der Waals surface area contributed by atoms with E-state index in [9.17, 15) is 9.59 Å². The third kappa shape index (κ3) is 4.02. The van der Waals surface area contributed by atoms with Gasteiger partial charge in [0.2, 0.25) is 0 Å². The Kier molecular flexibility index (Phi) is 5.34. The monoisotopic (exact) mass is 386 g/mol. The van der Waals surface area contributed by atoms with Crippen molar-refractivity contribution < 1.29 is 9.59 Å². The van der Waals surface area contributed by atoms with Crippen molar-refractivity contribution in [1.29, 1.82) is 0 Å². The SMILES string of the molecule is CC1CC(C)CN(C(=O)c2ccccc2NC(=O)c2cccc3ccccc23)C1. The highest BCUT2D eigenvalue weighted by Gasteiger charge is 2.27. The van der Waals surface area contributed by atoms with Gasteiger partial charge in [0.1, 0.15) is 0 Å². The molecule has 1 N–H and O–H groups in total. The Hall–Kier alpha value is -3.14. The standard InChI is InChI=1S/C25H26N2O2/c1-17-14-18(2)16-27(15-17)25(29)22-11-5-6-13-23(22)26-24(28)21-12-7-9-19-8-3-4-10-20(19)21/h3-13,17-18H,14-16H2,1-2H3,(H,26,28). The highest BCUT2D eigenvalue weighted by atomic mass is 16.2. The van der Waals surface area contributed by atoms with Crippen LogP contribution in [-0.4, -0.2) is 29.8 Å². The molecular formula is C25H26N2O2. The molecule has 4 rings (SSSR count). The van der Waals surface area contributed by atoms with Crippen LogP contribution in [0.5, 0.6) is 0 Å². The predicted molar refractivity (Wildman–Crippen MR) is 117 cm³/mol. The first-order chi connectivity index (χ1) is 14.0. The summed E-state index contributed by atoms with van der Waals surface area (Å²) in [6.07, 6.45) is 1.14. The molecule has 29 heavy (non-hydrogen) atoms. The van der Waals surface area contributed by atoms with Gasteiger partial charge < -0.3 is 10.2 Å². The second kappa shape index (κ2) is 8.08. The van der Waals surface area contributed by atoms with Crippen LogP contribution in [0, 0.1) is 11.8 Å². The molecule has 4 nitrogen and oxygen atoms in total. The second-order valence-corrected chi connectivity index (χ2v) is 8.18. The van der Waals surface area contributed by atoms with Gasteiger partial charge in [-0.25, -0.2) is 0 Å². The smallest absolute Gasteiger partial charge is 0.256 e. The number of piperidine rings is 1. The van der Waals surface area contributed by atoms with Crippen molar-refractivity contribution in [3.05, 3.63) is 77.9 Å². The molecule has 1 saturated heterocycles. The van der Waals surface area contributed by atoms with E-state index < -0.39 is 0 Å². The Bertz CT molecular complexity index is 1040. The van der Waals surface area contributed by atoms with Gasteiger partial charge in [0, 0.05) is 18.7 Å². The number of carbonyl (C=O) groups excluding carboxylic acids is 2. The fraction of sp³-hybridized carbons (Fsp3) is 0.280. The number of anilines is 1. The predicted octanol–water partition coefficient (Wildman–Crippen LogP) is 5.21. The Morgan fingerprint density at radius 1 is 0.828 bits per heavy atom. The summed E-state index contributed by atoms with van der Waals surface area (Å²) in [7, 11) is 0.